The maximum absolute atomic E-state index is 11.6. The number of ether oxygens (including phenoxy) is 2. The highest BCUT2D eigenvalue weighted by Crippen LogP contribution is 2.21. The molecule has 0 bridgehead atoms. The lowest BCUT2D eigenvalue weighted by Crippen LogP contribution is -2.29. The molecule has 0 aliphatic carbocycles. The van der Waals surface area contributed by atoms with E-state index in [0.717, 1.165) is 6.42 Å². The Hall–Kier alpha value is -1.71. The van der Waals surface area contributed by atoms with E-state index in [-0.39, 0.29) is 12.1 Å². The smallest absolute Gasteiger partial charge is 0.347 e. The normalized spacial score (nSPS) is 13.8. The van der Waals surface area contributed by atoms with Gasteiger partial charge in [0, 0.05) is 0 Å². The molecule has 2 N–H and O–H groups in total. The minimum Gasteiger partial charge on any atom is -0.477 e. The molecule has 94 valence electrons. The minimum atomic E-state index is -0.659. The third-order valence-electron chi connectivity index (χ3n) is 2.45. The van der Waals surface area contributed by atoms with E-state index in [0.29, 0.717) is 11.4 Å². The molecule has 0 radical (unpaired) electrons. The maximum atomic E-state index is 11.6. The first-order valence-corrected chi connectivity index (χ1v) is 5.76. The second-order valence-electron chi connectivity index (χ2n) is 3.95. The summed E-state index contributed by atoms with van der Waals surface area (Å²) in [6, 6.07) is 7.06. The number of para-hydroxylation sites is 2. The van der Waals surface area contributed by atoms with Gasteiger partial charge < -0.3 is 15.2 Å². The van der Waals surface area contributed by atoms with E-state index in [9.17, 15) is 4.79 Å². The van der Waals surface area contributed by atoms with E-state index in [2.05, 4.69) is 0 Å². The standard InChI is InChI=1S/C13H19NO3/c1-4-9(2)16-13(15)10(3)17-12-8-6-5-7-11(12)14/h5-10H,4,14H2,1-3H3. The number of carbonyl (C=O) groups excluding carboxylic acids is 1. The van der Waals surface area contributed by atoms with Gasteiger partial charge in [0.1, 0.15) is 5.75 Å². The van der Waals surface area contributed by atoms with Crippen LogP contribution < -0.4 is 10.5 Å². The Morgan fingerprint density at radius 3 is 2.59 bits per heavy atom. The Labute approximate surface area is 102 Å². The van der Waals surface area contributed by atoms with Crippen molar-refractivity contribution in [2.45, 2.75) is 39.4 Å². The molecule has 2 atom stereocenters. The Bertz CT molecular complexity index is 379. The summed E-state index contributed by atoms with van der Waals surface area (Å²) in [6.45, 7) is 5.46. The zero-order chi connectivity index (χ0) is 12.8. The van der Waals surface area contributed by atoms with Crippen LogP contribution in [0.1, 0.15) is 27.2 Å². The topological polar surface area (TPSA) is 61.5 Å². The summed E-state index contributed by atoms with van der Waals surface area (Å²) in [5.41, 5.74) is 6.23. The van der Waals surface area contributed by atoms with Crippen LogP contribution in [0.25, 0.3) is 0 Å². The van der Waals surface area contributed by atoms with Crippen molar-refractivity contribution in [3.8, 4) is 5.75 Å². The average Bonchev–Trinajstić information content (AvgIpc) is 2.31. The fraction of sp³-hybridized carbons (Fsp3) is 0.462. The molecule has 0 heterocycles. The van der Waals surface area contributed by atoms with Crippen molar-refractivity contribution in [1.82, 2.24) is 0 Å². The lowest BCUT2D eigenvalue weighted by atomic mass is 10.3. The van der Waals surface area contributed by atoms with Gasteiger partial charge in [0.25, 0.3) is 0 Å². The average molecular weight is 237 g/mol. The Morgan fingerprint density at radius 2 is 2.00 bits per heavy atom. The van der Waals surface area contributed by atoms with E-state index in [1.54, 1.807) is 25.1 Å². The fourth-order valence-corrected chi connectivity index (χ4v) is 1.20. The molecule has 0 saturated carbocycles. The van der Waals surface area contributed by atoms with Crippen LogP contribution in [0.5, 0.6) is 5.75 Å². The molecule has 0 spiro atoms. The number of rotatable bonds is 5. The molecule has 4 heteroatoms. The van der Waals surface area contributed by atoms with Gasteiger partial charge >= 0.3 is 5.97 Å². The van der Waals surface area contributed by atoms with Gasteiger partial charge in [-0.15, -0.1) is 0 Å². The molecule has 1 aromatic rings. The van der Waals surface area contributed by atoms with Gasteiger partial charge in [0.15, 0.2) is 6.10 Å². The summed E-state index contributed by atoms with van der Waals surface area (Å²) in [4.78, 5) is 11.6. The van der Waals surface area contributed by atoms with Crippen LogP contribution in [0.4, 0.5) is 5.69 Å². The summed E-state index contributed by atoms with van der Waals surface area (Å²) in [5.74, 6) is 0.128. The van der Waals surface area contributed by atoms with E-state index >= 15 is 0 Å². The summed E-state index contributed by atoms with van der Waals surface area (Å²) in [6.07, 6.45) is 0.0294. The SMILES string of the molecule is CCC(C)OC(=O)C(C)Oc1ccccc1N. The van der Waals surface area contributed by atoms with Crippen LogP contribution >= 0.6 is 0 Å². The van der Waals surface area contributed by atoms with Crippen molar-refractivity contribution in [2.75, 3.05) is 5.73 Å². The summed E-state index contributed by atoms with van der Waals surface area (Å²) < 4.78 is 10.6. The van der Waals surface area contributed by atoms with Crippen LogP contribution in [0, 0.1) is 0 Å². The number of nitrogen functional groups attached to an aromatic ring is 1. The molecule has 1 rings (SSSR count). The van der Waals surface area contributed by atoms with Gasteiger partial charge in [-0.25, -0.2) is 4.79 Å². The molecule has 0 amide bonds. The predicted molar refractivity (Wildman–Crippen MR) is 66.8 cm³/mol. The van der Waals surface area contributed by atoms with Gasteiger partial charge in [-0.2, -0.15) is 0 Å². The van der Waals surface area contributed by atoms with Crippen LogP contribution in [0.15, 0.2) is 24.3 Å². The van der Waals surface area contributed by atoms with Crippen LogP contribution in [-0.4, -0.2) is 18.2 Å². The molecule has 0 aromatic heterocycles. The first kappa shape index (κ1) is 13.4. The number of esters is 1. The third-order valence-corrected chi connectivity index (χ3v) is 2.45. The summed E-state index contributed by atoms with van der Waals surface area (Å²) in [7, 11) is 0. The summed E-state index contributed by atoms with van der Waals surface area (Å²) in [5, 5.41) is 0. The number of carbonyl (C=O) groups is 1. The highest BCUT2D eigenvalue weighted by molar-refractivity contribution is 5.75. The zero-order valence-electron chi connectivity index (χ0n) is 10.5. The van der Waals surface area contributed by atoms with Gasteiger partial charge in [-0.05, 0) is 32.4 Å². The third kappa shape index (κ3) is 3.98. The second-order valence-corrected chi connectivity index (χ2v) is 3.95. The molecule has 17 heavy (non-hydrogen) atoms. The minimum absolute atomic E-state index is 0.0957. The van der Waals surface area contributed by atoms with E-state index < -0.39 is 6.10 Å². The lowest BCUT2D eigenvalue weighted by Gasteiger charge is -2.17. The van der Waals surface area contributed by atoms with Crippen molar-refractivity contribution < 1.29 is 14.3 Å². The van der Waals surface area contributed by atoms with Crippen LogP contribution in [-0.2, 0) is 9.53 Å². The number of hydrogen-bond acceptors (Lipinski definition) is 4. The van der Waals surface area contributed by atoms with Crippen molar-refractivity contribution >= 4 is 11.7 Å². The van der Waals surface area contributed by atoms with Crippen molar-refractivity contribution in [2.24, 2.45) is 0 Å². The number of anilines is 1. The largest absolute Gasteiger partial charge is 0.477 e. The van der Waals surface area contributed by atoms with E-state index in [4.69, 9.17) is 15.2 Å². The highest BCUT2D eigenvalue weighted by Gasteiger charge is 2.19. The Balaban J connectivity index is 2.57. The summed E-state index contributed by atoms with van der Waals surface area (Å²) >= 11 is 0. The first-order chi connectivity index (χ1) is 8.04. The van der Waals surface area contributed by atoms with Crippen molar-refractivity contribution in [3.63, 3.8) is 0 Å². The predicted octanol–water partition coefficient (Wildman–Crippen LogP) is 2.38. The number of nitrogens with two attached hydrogens (primary N) is 1. The molecule has 0 aliphatic heterocycles. The lowest BCUT2D eigenvalue weighted by molar-refractivity contribution is -0.155. The molecule has 2 unspecified atom stereocenters. The Morgan fingerprint density at radius 1 is 1.35 bits per heavy atom. The molecule has 0 aliphatic rings. The van der Waals surface area contributed by atoms with Gasteiger partial charge in [0.05, 0.1) is 11.8 Å². The second kappa shape index (κ2) is 6.13. The molecule has 4 nitrogen and oxygen atoms in total. The number of hydrogen-bond donors (Lipinski definition) is 1. The first-order valence-electron chi connectivity index (χ1n) is 5.76. The van der Waals surface area contributed by atoms with E-state index in [1.807, 2.05) is 19.9 Å². The molecule has 1 aromatic carbocycles. The maximum Gasteiger partial charge on any atom is 0.347 e. The highest BCUT2D eigenvalue weighted by atomic mass is 16.6. The molecule has 0 saturated heterocycles. The van der Waals surface area contributed by atoms with Gasteiger partial charge in [-0.1, -0.05) is 19.1 Å². The number of benzene rings is 1. The van der Waals surface area contributed by atoms with Gasteiger partial charge in [0.2, 0.25) is 0 Å². The van der Waals surface area contributed by atoms with Crippen LogP contribution in [0.3, 0.4) is 0 Å². The van der Waals surface area contributed by atoms with Crippen molar-refractivity contribution in [3.05, 3.63) is 24.3 Å². The van der Waals surface area contributed by atoms with Crippen molar-refractivity contribution in [1.29, 1.82) is 0 Å². The molecular weight excluding hydrogens is 218 g/mol. The molecular formula is C13H19NO3. The Kier molecular flexibility index (Phi) is 4.82. The molecule has 0 fully saturated rings. The monoisotopic (exact) mass is 237 g/mol. The zero-order valence-corrected chi connectivity index (χ0v) is 10.5. The van der Waals surface area contributed by atoms with Crippen LogP contribution in [0.2, 0.25) is 0 Å². The fourth-order valence-electron chi connectivity index (χ4n) is 1.20. The van der Waals surface area contributed by atoms with Gasteiger partial charge in [-0.3, -0.25) is 0 Å². The van der Waals surface area contributed by atoms with E-state index in [1.165, 1.54) is 0 Å². The quantitative estimate of drug-likeness (QED) is 0.631.